The number of carbonyl (C=O) groups excluding carboxylic acids is 2. The number of rotatable bonds is 6. The second kappa shape index (κ2) is 9.52. The topological polar surface area (TPSA) is 93.2 Å². The molecule has 0 unspecified atom stereocenters. The average Bonchev–Trinajstić information content (AvgIpc) is 3.24. The lowest BCUT2D eigenvalue weighted by atomic mass is 9.91. The van der Waals surface area contributed by atoms with Crippen molar-refractivity contribution in [1.82, 2.24) is 9.21 Å². The fourth-order valence-corrected chi connectivity index (χ4v) is 6.59. The number of hydrogen-bond acceptors (Lipinski definition) is 6. The summed E-state index contributed by atoms with van der Waals surface area (Å²) in [6.07, 6.45) is 1.00. The van der Waals surface area contributed by atoms with Gasteiger partial charge in [0.2, 0.25) is 10.0 Å². The Morgan fingerprint density at radius 1 is 1.06 bits per heavy atom. The highest BCUT2D eigenvalue weighted by Gasteiger charge is 2.53. The van der Waals surface area contributed by atoms with Gasteiger partial charge in [-0.05, 0) is 62.1 Å². The van der Waals surface area contributed by atoms with E-state index in [0.717, 1.165) is 0 Å². The molecular weight excluding hydrogens is 444 g/mol. The number of benzene rings is 2. The first-order valence-corrected chi connectivity index (χ1v) is 12.5. The van der Waals surface area contributed by atoms with Crippen molar-refractivity contribution in [3.63, 3.8) is 0 Å². The molecule has 0 bridgehead atoms. The Morgan fingerprint density at radius 3 is 2.39 bits per heavy atom. The molecule has 1 amide bonds. The molecule has 2 aromatic carbocycles. The van der Waals surface area contributed by atoms with Crippen LogP contribution in [-0.2, 0) is 19.6 Å². The third kappa shape index (κ3) is 4.47. The van der Waals surface area contributed by atoms with Crippen LogP contribution < -0.4 is 4.74 Å². The smallest absolute Gasteiger partial charge is 0.324 e. The number of methoxy groups -OCH3 is 1. The summed E-state index contributed by atoms with van der Waals surface area (Å²) in [5.74, 6) is -0.194. The van der Waals surface area contributed by atoms with Crippen LogP contribution in [0.5, 0.6) is 5.75 Å². The van der Waals surface area contributed by atoms with E-state index in [-0.39, 0.29) is 29.9 Å². The molecule has 0 saturated carbocycles. The number of carbonyl (C=O) groups is 2. The Bertz CT molecular complexity index is 1100. The molecule has 0 aromatic heterocycles. The summed E-state index contributed by atoms with van der Waals surface area (Å²) in [7, 11) is -2.52. The molecule has 0 aliphatic carbocycles. The van der Waals surface area contributed by atoms with E-state index < -0.39 is 28.1 Å². The number of amides is 1. The minimum Gasteiger partial charge on any atom is -0.497 e. The minimum absolute atomic E-state index is 0.0350. The summed E-state index contributed by atoms with van der Waals surface area (Å²) < 4.78 is 39.1. The van der Waals surface area contributed by atoms with Gasteiger partial charge in [-0.1, -0.05) is 18.2 Å². The summed E-state index contributed by atoms with van der Waals surface area (Å²) >= 11 is 0. The molecule has 3 atom stereocenters. The van der Waals surface area contributed by atoms with Crippen LogP contribution in [0, 0.1) is 5.92 Å². The number of hydrogen-bond donors (Lipinski definition) is 0. The van der Waals surface area contributed by atoms with E-state index in [9.17, 15) is 18.0 Å². The fourth-order valence-electron chi connectivity index (χ4n) is 4.77. The van der Waals surface area contributed by atoms with Crippen LogP contribution in [0.3, 0.4) is 0 Å². The third-order valence-electron chi connectivity index (χ3n) is 6.38. The van der Waals surface area contributed by atoms with Crippen LogP contribution in [0.1, 0.15) is 30.1 Å². The highest BCUT2D eigenvalue weighted by atomic mass is 32.2. The lowest BCUT2D eigenvalue weighted by Crippen LogP contribution is -2.53. The van der Waals surface area contributed by atoms with Crippen molar-refractivity contribution in [3.05, 3.63) is 60.2 Å². The molecule has 0 N–H and O–H groups in total. The van der Waals surface area contributed by atoms with Gasteiger partial charge in [0.15, 0.2) is 0 Å². The van der Waals surface area contributed by atoms with Gasteiger partial charge >= 0.3 is 5.97 Å². The van der Waals surface area contributed by atoms with Crippen molar-refractivity contribution in [3.8, 4) is 5.75 Å². The summed E-state index contributed by atoms with van der Waals surface area (Å²) in [4.78, 5) is 27.6. The number of nitrogens with zero attached hydrogens (tertiary/aromatic N) is 2. The van der Waals surface area contributed by atoms with Crippen molar-refractivity contribution in [2.75, 3.05) is 26.8 Å². The normalized spacial score (nSPS) is 23.1. The SMILES string of the molecule is CCOC(=O)[C@@H]1C[C@@H]2CCN(C(=O)c3ccccc3)C[C@@H]2N1S(=O)(=O)c1ccc(OC)cc1. The number of fused-ring (bicyclic) bond motifs is 1. The van der Waals surface area contributed by atoms with Gasteiger partial charge < -0.3 is 14.4 Å². The molecule has 0 spiro atoms. The monoisotopic (exact) mass is 472 g/mol. The van der Waals surface area contributed by atoms with Crippen LogP contribution in [-0.4, -0.2) is 68.4 Å². The quantitative estimate of drug-likeness (QED) is 0.600. The van der Waals surface area contributed by atoms with Crippen LogP contribution >= 0.6 is 0 Å². The van der Waals surface area contributed by atoms with E-state index in [1.807, 2.05) is 6.07 Å². The average molecular weight is 473 g/mol. The minimum atomic E-state index is -4.02. The Labute approximate surface area is 194 Å². The van der Waals surface area contributed by atoms with Crippen molar-refractivity contribution in [1.29, 1.82) is 0 Å². The maximum atomic E-state index is 13.7. The highest BCUT2D eigenvalue weighted by molar-refractivity contribution is 7.89. The predicted molar refractivity (Wildman–Crippen MR) is 121 cm³/mol. The Kier molecular flexibility index (Phi) is 6.71. The third-order valence-corrected chi connectivity index (χ3v) is 8.33. The van der Waals surface area contributed by atoms with Crippen LogP contribution in [0.4, 0.5) is 0 Å². The Morgan fingerprint density at radius 2 is 1.76 bits per heavy atom. The van der Waals surface area contributed by atoms with E-state index in [0.29, 0.717) is 30.7 Å². The first kappa shape index (κ1) is 23.3. The molecule has 2 aromatic rings. The van der Waals surface area contributed by atoms with Gasteiger partial charge in [-0.2, -0.15) is 4.31 Å². The van der Waals surface area contributed by atoms with Gasteiger partial charge in [-0.3, -0.25) is 9.59 Å². The zero-order valence-electron chi connectivity index (χ0n) is 18.7. The van der Waals surface area contributed by atoms with E-state index in [1.54, 1.807) is 48.2 Å². The molecule has 0 radical (unpaired) electrons. The maximum Gasteiger partial charge on any atom is 0.324 e. The molecule has 8 nitrogen and oxygen atoms in total. The molecule has 2 heterocycles. The highest BCUT2D eigenvalue weighted by Crippen LogP contribution is 2.40. The molecule has 176 valence electrons. The molecule has 33 heavy (non-hydrogen) atoms. The Balaban J connectivity index is 1.67. The van der Waals surface area contributed by atoms with E-state index in [4.69, 9.17) is 9.47 Å². The van der Waals surface area contributed by atoms with Gasteiger partial charge in [0.1, 0.15) is 11.8 Å². The zero-order valence-corrected chi connectivity index (χ0v) is 19.5. The van der Waals surface area contributed by atoms with Gasteiger partial charge in [0, 0.05) is 24.7 Å². The van der Waals surface area contributed by atoms with Crippen molar-refractivity contribution in [2.45, 2.75) is 36.7 Å². The van der Waals surface area contributed by atoms with Crippen LogP contribution in [0.25, 0.3) is 0 Å². The van der Waals surface area contributed by atoms with Crippen molar-refractivity contribution < 1.29 is 27.5 Å². The van der Waals surface area contributed by atoms with Crippen LogP contribution in [0.15, 0.2) is 59.5 Å². The summed E-state index contributed by atoms with van der Waals surface area (Å²) in [5.41, 5.74) is 0.556. The van der Waals surface area contributed by atoms with Crippen molar-refractivity contribution >= 4 is 21.9 Å². The van der Waals surface area contributed by atoms with Gasteiger partial charge in [0.25, 0.3) is 5.91 Å². The van der Waals surface area contributed by atoms with Gasteiger partial charge in [0.05, 0.1) is 18.6 Å². The van der Waals surface area contributed by atoms with Crippen molar-refractivity contribution in [2.24, 2.45) is 5.92 Å². The predicted octanol–water partition coefficient (Wildman–Crippen LogP) is 2.55. The maximum absolute atomic E-state index is 13.7. The number of sulfonamides is 1. The number of ether oxygens (including phenoxy) is 2. The van der Waals surface area contributed by atoms with Gasteiger partial charge in [-0.25, -0.2) is 8.42 Å². The van der Waals surface area contributed by atoms with Crippen LogP contribution in [0.2, 0.25) is 0 Å². The van der Waals surface area contributed by atoms with E-state index in [1.165, 1.54) is 23.5 Å². The summed E-state index contributed by atoms with van der Waals surface area (Å²) in [6.45, 7) is 2.60. The molecule has 2 saturated heterocycles. The zero-order chi connectivity index (χ0) is 23.6. The first-order chi connectivity index (χ1) is 15.9. The molecule has 2 fully saturated rings. The number of likely N-dealkylation sites (tertiary alicyclic amines) is 1. The molecule has 2 aliphatic heterocycles. The second-order valence-corrected chi connectivity index (χ2v) is 10.1. The molecule has 4 rings (SSSR count). The first-order valence-electron chi connectivity index (χ1n) is 11.1. The molecule has 9 heteroatoms. The lowest BCUT2D eigenvalue weighted by Gasteiger charge is -2.38. The molecular formula is C24H28N2O6S. The lowest BCUT2D eigenvalue weighted by molar-refractivity contribution is -0.147. The number of piperidine rings is 1. The van der Waals surface area contributed by atoms with E-state index in [2.05, 4.69) is 0 Å². The summed E-state index contributed by atoms with van der Waals surface area (Å²) in [6, 6.07) is 13.6. The summed E-state index contributed by atoms with van der Waals surface area (Å²) in [5, 5.41) is 0. The second-order valence-electron chi connectivity index (χ2n) is 8.25. The largest absolute Gasteiger partial charge is 0.497 e. The van der Waals surface area contributed by atoms with Gasteiger partial charge in [-0.15, -0.1) is 0 Å². The fraction of sp³-hybridized carbons (Fsp3) is 0.417. The standard InChI is InChI=1S/C24H28N2O6S/c1-3-32-24(28)21-15-18-13-14-25(23(27)17-7-5-4-6-8-17)16-22(18)26(21)33(29,30)20-11-9-19(31-2)10-12-20/h4-12,18,21-22H,3,13-16H2,1-2H3/t18-,21-,22-/m0/s1. The Hall–Kier alpha value is -2.91. The van der Waals surface area contributed by atoms with E-state index >= 15 is 0 Å². The number of esters is 1. The molecule has 2 aliphatic rings.